The molecule has 3 rings (SSSR count). The number of fused-ring (bicyclic) bond motifs is 1. The van der Waals surface area contributed by atoms with E-state index in [-0.39, 0.29) is 17.3 Å². The molecule has 1 amide bonds. The number of benzene rings is 2. The molecule has 3 aromatic rings. The number of carbonyl (C=O) groups excluding carboxylic acids is 1. The molecule has 26 heavy (non-hydrogen) atoms. The highest BCUT2D eigenvalue weighted by Gasteiger charge is 2.33. The van der Waals surface area contributed by atoms with Gasteiger partial charge in [0.05, 0.1) is 28.7 Å². The van der Waals surface area contributed by atoms with Crippen LogP contribution in [0.5, 0.6) is 5.88 Å². The first-order valence-corrected chi connectivity index (χ1v) is 7.66. The molecule has 2 aromatic carbocycles. The maximum absolute atomic E-state index is 12.9. The summed E-state index contributed by atoms with van der Waals surface area (Å²) in [5, 5.41) is 1.90. The molecule has 0 aliphatic rings. The molecule has 0 radical (unpaired) electrons. The Kier molecular flexibility index (Phi) is 4.69. The number of para-hydroxylation sites is 2. The van der Waals surface area contributed by atoms with Gasteiger partial charge in [0.15, 0.2) is 5.69 Å². The molecule has 0 bridgehead atoms. The van der Waals surface area contributed by atoms with Crippen LogP contribution in [0.2, 0.25) is 5.02 Å². The van der Waals surface area contributed by atoms with Gasteiger partial charge in [0.2, 0.25) is 5.88 Å². The van der Waals surface area contributed by atoms with E-state index < -0.39 is 22.7 Å². The minimum atomic E-state index is -4.64. The van der Waals surface area contributed by atoms with Crippen molar-refractivity contribution in [2.75, 3.05) is 12.4 Å². The van der Waals surface area contributed by atoms with Crippen LogP contribution in [0.15, 0.2) is 42.5 Å². The van der Waals surface area contributed by atoms with Gasteiger partial charge in [-0.2, -0.15) is 13.2 Å². The number of amides is 1. The van der Waals surface area contributed by atoms with Gasteiger partial charge in [-0.15, -0.1) is 0 Å². The molecule has 0 unspecified atom stereocenters. The van der Waals surface area contributed by atoms with Crippen LogP contribution >= 0.6 is 11.6 Å². The summed E-state index contributed by atoms with van der Waals surface area (Å²) in [5.41, 5.74) is -0.302. The molecule has 0 spiro atoms. The number of rotatable bonds is 3. The Morgan fingerprint density at radius 1 is 1.12 bits per heavy atom. The first kappa shape index (κ1) is 17.9. The fourth-order valence-corrected chi connectivity index (χ4v) is 2.51. The zero-order chi connectivity index (χ0) is 18.9. The van der Waals surface area contributed by atoms with E-state index in [2.05, 4.69) is 15.3 Å². The number of carbonyl (C=O) groups is 1. The van der Waals surface area contributed by atoms with Gasteiger partial charge >= 0.3 is 6.18 Å². The SMILES string of the molecule is COc1nc2ccccc2nc1C(=O)Nc1ccc(Cl)c(C(F)(F)F)c1. The summed E-state index contributed by atoms with van der Waals surface area (Å²) in [4.78, 5) is 20.8. The molecule has 1 aromatic heterocycles. The molecule has 1 heterocycles. The van der Waals surface area contributed by atoms with Gasteiger partial charge < -0.3 is 10.1 Å². The summed E-state index contributed by atoms with van der Waals surface area (Å²) in [7, 11) is 1.32. The molecule has 9 heteroatoms. The lowest BCUT2D eigenvalue weighted by atomic mass is 10.2. The first-order valence-electron chi connectivity index (χ1n) is 7.28. The van der Waals surface area contributed by atoms with Crippen LogP contribution in [-0.4, -0.2) is 23.0 Å². The van der Waals surface area contributed by atoms with Crippen LogP contribution in [-0.2, 0) is 6.18 Å². The van der Waals surface area contributed by atoms with Crippen molar-refractivity contribution in [3.8, 4) is 5.88 Å². The molecule has 0 saturated carbocycles. The van der Waals surface area contributed by atoms with Gasteiger partial charge in [-0.1, -0.05) is 23.7 Å². The molecule has 0 aliphatic heterocycles. The van der Waals surface area contributed by atoms with Crippen molar-refractivity contribution in [2.24, 2.45) is 0 Å². The van der Waals surface area contributed by atoms with Crippen LogP contribution in [0, 0.1) is 0 Å². The highest BCUT2D eigenvalue weighted by Crippen LogP contribution is 2.36. The molecule has 134 valence electrons. The van der Waals surface area contributed by atoms with E-state index in [0.29, 0.717) is 11.0 Å². The lowest BCUT2D eigenvalue weighted by molar-refractivity contribution is -0.137. The Balaban J connectivity index is 1.97. The largest absolute Gasteiger partial charge is 0.479 e. The third-order valence-corrected chi connectivity index (χ3v) is 3.81. The van der Waals surface area contributed by atoms with Gasteiger partial charge in [0, 0.05) is 5.69 Å². The quantitative estimate of drug-likeness (QED) is 0.722. The van der Waals surface area contributed by atoms with Gasteiger partial charge in [-0.25, -0.2) is 9.97 Å². The zero-order valence-corrected chi connectivity index (χ0v) is 14.0. The Morgan fingerprint density at radius 3 is 2.38 bits per heavy atom. The van der Waals surface area contributed by atoms with E-state index in [1.165, 1.54) is 13.2 Å². The second kappa shape index (κ2) is 6.80. The van der Waals surface area contributed by atoms with E-state index in [9.17, 15) is 18.0 Å². The molecule has 0 atom stereocenters. The van der Waals surface area contributed by atoms with Crippen LogP contribution in [0.3, 0.4) is 0 Å². The summed E-state index contributed by atoms with van der Waals surface area (Å²) in [5.74, 6) is -0.790. The van der Waals surface area contributed by atoms with Crippen molar-refractivity contribution >= 4 is 34.2 Å². The topological polar surface area (TPSA) is 64.1 Å². The van der Waals surface area contributed by atoms with Crippen LogP contribution < -0.4 is 10.1 Å². The lowest BCUT2D eigenvalue weighted by Gasteiger charge is -2.12. The molecule has 0 aliphatic carbocycles. The standard InChI is InChI=1S/C17H11ClF3N3O2/c1-26-16-14(23-12-4-2-3-5-13(12)24-16)15(25)22-9-6-7-11(18)10(8-9)17(19,20)21/h2-8H,1H3,(H,22,25). The number of nitrogens with one attached hydrogen (secondary N) is 1. The highest BCUT2D eigenvalue weighted by molar-refractivity contribution is 6.31. The molecule has 0 saturated heterocycles. The van der Waals surface area contributed by atoms with Crippen molar-refractivity contribution in [1.29, 1.82) is 0 Å². The molecular formula is C17H11ClF3N3O2. The van der Waals surface area contributed by atoms with Gasteiger partial charge in [-0.05, 0) is 30.3 Å². The number of ether oxygens (including phenoxy) is 1. The zero-order valence-electron chi connectivity index (χ0n) is 13.3. The van der Waals surface area contributed by atoms with Crippen molar-refractivity contribution in [3.05, 3.63) is 58.7 Å². The number of hydrogen-bond acceptors (Lipinski definition) is 4. The Morgan fingerprint density at radius 2 is 1.77 bits per heavy atom. The number of alkyl halides is 3. The molecule has 0 fully saturated rings. The van der Waals surface area contributed by atoms with Crippen molar-refractivity contribution in [1.82, 2.24) is 9.97 Å². The van der Waals surface area contributed by atoms with Crippen LogP contribution in [0.4, 0.5) is 18.9 Å². The summed E-state index contributed by atoms with van der Waals surface area (Å²) in [6.07, 6.45) is -4.64. The van der Waals surface area contributed by atoms with E-state index in [4.69, 9.17) is 16.3 Å². The normalized spacial score (nSPS) is 11.4. The van der Waals surface area contributed by atoms with Crippen LogP contribution in [0.1, 0.15) is 16.1 Å². The predicted octanol–water partition coefficient (Wildman–Crippen LogP) is 4.56. The minimum Gasteiger partial charge on any atom is -0.479 e. The first-order chi connectivity index (χ1) is 12.3. The Labute approximate surface area is 150 Å². The highest BCUT2D eigenvalue weighted by atomic mass is 35.5. The number of halogens is 4. The van der Waals surface area contributed by atoms with Crippen molar-refractivity contribution in [3.63, 3.8) is 0 Å². The molecule has 5 nitrogen and oxygen atoms in total. The Bertz CT molecular complexity index is 993. The fourth-order valence-electron chi connectivity index (χ4n) is 2.28. The maximum Gasteiger partial charge on any atom is 0.417 e. The smallest absolute Gasteiger partial charge is 0.417 e. The summed E-state index contributed by atoms with van der Waals surface area (Å²) >= 11 is 5.57. The van der Waals surface area contributed by atoms with E-state index in [1.54, 1.807) is 24.3 Å². The second-order valence-corrected chi connectivity index (χ2v) is 5.62. The van der Waals surface area contributed by atoms with Crippen molar-refractivity contribution in [2.45, 2.75) is 6.18 Å². The van der Waals surface area contributed by atoms with Gasteiger partial charge in [0.25, 0.3) is 5.91 Å². The molecule has 1 N–H and O–H groups in total. The summed E-state index contributed by atoms with van der Waals surface area (Å²) in [6, 6.07) is 9.90. The number of aromatic nitrogens is 2. The fraction of sp³-hybridized carbons (Fsp3) is 0.118. The predicted molar refractivity (Wildman–Crippen MR) is 90.5 cm³/mol. The summed E-state index contributed by atoms with van der Waals surface area (Å²) < 4.78 is 43.9. The lowest BCUT2D eigenvalue weighted by Crippen LogP contribution is -2.17. The number of anilines is 1. The summed E-state index contributed by atoms with van der Waals surface area (Å²) in [6.45, 7) is 0. The number of hydrogen-bond donors (Lipinski definition) is 1. The second-order valence-electron chi connectivity index (χ2n) is 5.22. The number of nitrogens with zero attached hydrogens (tertiary/aromatic N) is 2. The third kappa shape index (κ3) is 3.55. The number of methoxy groups -OCH3 is 1. The monoisotopic (exact) mass is 381 g/mol. The van der Waals surface area contributed by atoms with E-state index in [1.807, 2.05) is 0 Å². The average Bonchev–Trinajstić information content (AvgIpc) is 2.61. The maximum atomic E-state index is 12.9. The van der Waals surface area contributed by atoms with Gasteiger partial charge in [0.1, 0.15) is 0 Å². The third-order valence-electron chi connectivity index (χ3n) is 3.48. The van der Waals surface area contributed by atoms with Crippen LogP contribution in [0.25, 0.3) is 11.0 Å². The van der Waals surface area contributed by atoms with E-state index in [0.717, 1.165) is 12.1 Å². The Hall–Kier alpha value is -2.87. The molecular weight excluding hydrogens is 371 g/mol. The minimum absolute atomic E-state index is 0.0359. The average molecular weight is 382 g/mol. The van der Waals surface area contributed by atoms with Gasteiger partial charge in [-0.3, -0.25) is 4.79 Å². The van der Waals surface area contributed by atoms with Crippen molar-refractivity contribution < 1.29 is 22.7 Å². The van der Waals surface area contributed by atoms with E-state index >= 15 is 0 Å².